The van der Waals surface area contributed by atoms with Crippen LogP contribution >= 0.6 is 0 Å². The fraction of sp³-hybridized carbons (Fsp3) is 0.0227. The van der Waals surface area contributed by atoms with Gasteiger partial charge in [0.15, 0.2) is 5.82 Å². The third-order valence-electron chi connectivity index (χ3n) is 9.45. The second kappa shape index (κ2) is 12.5. The van der Waals surface area contributed by atoms with E-state index in [2.05, 4.69) is 130 Å². The summed E-state index contributed by atoms with van der Waals surface area (Å²) in [5.41, 5.74) is 9.99. The lowest BCUT2D eigenvalue weighted by atomic mass is 9.91. The van der Waals surface area contributed by atoms with Crippen molar-refractivity contribution in [2.45, 2.75) is 6.92 Å². The topological polar surface area (TPSA) is 73.8 Å². The predicted octanol–water partition coefficient (Wildman–Crippen LogP) is 10.3. The van der Waals surface area contributed by atoms with E-state index in [1.54, 1.807) is 6.20 Å². The van der Waals surface area contributed by atoms with Gasteiger partial charge in [0.25, 0.3) is 0 Å². The maximum Gasteiger partial charge on any atom is 0.240 e. The molecule has 0 spiro atoms. The molecule has 7 nitrogen and oxygen atoms in total. The highest BCUT2D eigenvalue weighted by molar-refractivity contribution is 6.08. The molecule has 0 bridgehead atoms. The minimum atomic E-state index is 0.498. The van der Waals surface area contributed by atoms with Gasteiger partial charge >= 0.3 is 0 Å². The Balaban J connectivity index is 1.43. The van der Waals surface area contributed by atoms with E-state index >= 15 is 0 Å². The van der Waals surface area contributed by atoms with Crippen molar-refractivity contribution < 1.29 is 0 Å². The summed E-state index contributed by atoms with van der Waals surface area (Å²) in [5.74, 6) is 1.56. The Morgan fingerprint density at radius 3 is 1.80 bits per heavy atom. The first-order valence-corrected chi connectivity index (χ1v) is 16.8. The molecule has 0 radical (unpaired) electrons. The first-order valence-electron chi connectivity index (χ1n) is 16.8. The number of rotatable bonds is 7. The molecule has 0 atom stereocenters. The lowest BCUT2D eigenvalue weighted by Crippen LogP contribution is -2.11. The van der Waals surface area contributed by atoms with Gasteiger partial charge in [0.05, 0.1) is 22.7 Å². The van der Waals surface area contributed by atoms with Gasteiger partial charge in [-0.3, -0.25) is 19.1 Å². The van der Waals surface area contributed by atoms with Gasteiger partial charge in [0.1, 0.15) is 0 Å². The van der Waals surface area contributed by atoms with E-state index in [1.165, 1.54) is 0 Å². The number of benzene rings is 5. The lowest BCUT2D eigenvalue weighted by Gasteiger charge is -2.17. The molecule has 5 aromatic carbocycles. The first-order chi connectivity index (χ1) is 25.2. The molecule has 7 heteroatoms. The van der Waals surface area contributed by atoms with Gasteiger partial charge in [0, 0.05) is 45.4 Å². The summed E-state index contributed by atoms with van der Waals surface area (Å²) in [5, 5.41) is 3.24. The molecule has 0 amide bonds. The van der Waals surface area contributed by atoms with E-state index in [9.17, 15) is 0 Å². The molecule has 0 aliphatic rings. The van der Waals surface area contributed by atoms with Crippen LogP contribution in [0, 0.1) is 6.92 Å². The highest BCUT2D eigenvalue weighted by Crippen LogP contribution is 2.40. The molecule has 0 aliphatic carbocycles. The summed E-state index contributed by atoms with van der Waals surface area (Å²) in [6.45, 7) is 5.75. The summed E-state index contributed by atoms with van der Waals surface area (Å²) >= 11 is 0. The number of hydrogen-bond donors (Lipinski definition) is 0. The number of fused-ring (bicyclic) bond motifs is 4. The van der Waals surface area contributed by atoms with Gasteiger partial charge < -0.3 is 0 Å². The molecule has 9 aromatic rings. The number of nitrogens with zero attached hydrogens (tertiary/aromatic N) is 7. The molecule has 51 heavy (non-hydrogen) atoms. The van der Waals surface area contributed by atoms with Gasteiger partial charge in [-0.15, -0.1) is 0 Å². The number of hydrogen-bond acceptors (Lipinski definition) is 5. The monoisotopic (exact) mass is 657 g/mol. The summed E-state index contributed by atoms with van der Waals surface area (Å²) in [6, 6.07) is 45.9. The molecule has 242 valence electrons. The molecule has 4 aromatic heterocycles. The van der Waals surface area contributed by atoms with E-state index in [0.717, 1.165) is 71.8 Å². The van der Waals surface area contributed by atoms with Crippen molar-refractivity contribution in [2.75, 3.05) is 0 Å². The van der Waals surface area contributed by atoms with Crippen LogP contribution in [-0.4, -0.2) is 35.8 Å². The van der Waals surface area contributed by atoms with Crippen molar-refractivity contribution >= 4 is 45.5 Å². The normalized spacial score (nSPS) is 11.6. The Kier molecular flexibility index (Phi) is 7.36. The third kappa shape index (κ3) is 5.02. The number of para-hydroxylation sites is 2. The summed E-state index contributed by atoms with van der Waals surface area (Å²) in [4.78, 5) is 24.6. The van der Waals surface area contributed by atoms with E-state index in [0.29, 0.717) is 17.7 Å². The minimum Gasteiger partial charge on any atom is -0.282 e. The molecular weight excluding hydrogens is 627 g/mol. The number of aliphatic imine (C=N–C) groups is 1. The Hall–Kier alpha value is -6.99. The van der Waals surface area contributed by atoms with Crippen LogP contribution in [0.4, 0.5) is 0 Å². The molecular formula is C44H31N7. The largest absolute Gasteiger partial charge is 0.282 e. The highest BCUT2D eigenvalue weighted by atomic mass is 15.3. The van der Waals surface area contributed by atoms with Crippen LogP contribution in [0.5, 0.6) is 0 Å². The number of pyridine rings is 1. The first kappa shape index (κ1) is 30.1. The van der Waals surface area contributed by atoms with Crippen molar-refractivity contribution in [1.29, 1.82) is 0 Å². The van der Waals surface area contributed by atoms with Crippen LogP contribution in [-0.2, 0) is 0 Å². The van der Waals surface area contributed by atoms with Crippen LogP contribution < -0.4 is 0 Å². The van der Waals surface area contributed by atoms with Crippen LogP contribution in [0.1, 0.15) is 11.3 Å². The van der Waals surface area contributed by atoms with E-state index in [4.69, 9.17) is 15.0 Å². The molecule has 0 aliphatic heterocycles. The molecule has 0 saturated carbocycles. The second-order valence-electron chi connectivity index (χ2n) is 12.3. The Morgan fingerprint density at radius 1 is 0.569 bits per heavy atom. The van der Waals surface area contributed by atoms with Gasteiger partial charge in [-0.25, -0.2) is 0 Å². The smallest absolute Gasteiger partial charge is 0.240 e. The average molecular weight is 658 g/mol. The van der Waals surface area contributed by atoms with Gasteiger partial charge in [-0.1, -0.05) is 115 Å². The Labute approximate surface area is 294 Å². The van der Waals surface area contributed by atoms with Crippen molar-refractivity contribution in [3.63, 3.8) is 0 Å². The summed E-state index contributed by atoms with van der Waals surface area (Å²) < 4.78 is 4.22. The maximum absolute atomic E-state index is 5.37. The fourth-order valence-electron chi connectivity index (χ4n) is 7.20. The zero-order chi connectivity index (χ0) is 34.3. The third-order valence-corrected chi connectivity index (χ3v) is 9.45. The Morgan fingerprint density at radius 2 is 1.14 bits per heavy atom. The van der Waals surface area contributed by atoms with E-state index in [-0.39, 0.29) is 0 Å². The van der Waals surface area contributed by atoms with E-state index < -0.39 is 0 Å². The quantitative estimate of drug-likeness (QED) is 0.160. The van der Waals surface area contributed by atoms with E-state index in [1.807, 2.05) is 54.9 Å². The molecule has 0 N–H and O–H groups in total. The Bertz CT molecular complexity index is 2660. The standard InChI is InChI=1S/C44H31N7/c1-29-32(24-26-45-2)35-18-9-11-22-38(35)50(29)43-47-42(48-44(49-43)51-39-23-12-10-19-36(39)37-25-27-46-28-40(37)51)41-33(30-14-5-3-6-15-30)20-13-21-34(41)31-16-7-4-8-17-31/h3-28H,2H2,1H3/b26-24-. The van der Waals surface area contributed by atoms with Crippen LogP contribution in [0.15, 0.2) is 157 Å². The van der Waals surface area contributed by atoms with Crippen molar-refractivity contribution in [2.24, 2.45) is 4.99 Å². The fourth-order valence-corrected chi connectivity index (χ4v) is 7.20. The zero-order valence-electron chi connectivity index (χ0n) is 27.8. The lowest BCUT2D eigenvalue weighted by molar-refractivity contribution is 0.865. The number of aromatic nitrogens is 6. The van der Waals surface area contributed by atoms with Crippen molar-refractivity contribution in [3.8, 4) is 45.5 Å². The predicted molar refractivity (Wildman–Crippen MR) is 208 cm³/mol. The van der Waals surface area contributed by atoms with Crippen molar-refractivity contribution in [1.82, 2.24) is 29.1 Å². The highest BCUT2D eigenvalue weighted by Gasteiger charge is 2.24. The minimum absolute atomic E-state index is 0.498. The molecule has 4 heterocycles. The second-order valence-corrected chi connectivity index (χ2v) is 12.3. The van der Waals surface area contributed by atoms with Gasteiger partial charge in [0.2, 0.25) is 11.9 Å². The maximum atomic E-state index is 5.37. The summed E-state index contributed by atoms with van der Waals surface area (Å²) in [6.07, 6.45) is 7.42. The average Bonchev–Trinajstić information content (AvgIpc) is 3.68. The molecule has 9 rings (SSSR count). The molecule has 0 unspecified atom stereocenters. The van der Waals surface area contributed by atoms with Gasteiger partial charge in [-0.05, 0) is 60.2 Å². The molecule has 0 fully saturated rings. The molecule has 0 saturated heterocycles. The summed E-state index contributed by atoms with van der Waals surface area (Å²) in [7, 11) is 0. The van der Waals surface area contributed by atoms with Gasteiger partial charge in [-0.2, -0.15) is 15.0 Å². The SMILES string of the molecule is C=N/C=C\c1c(C)n(-c2nc(-c3c(-c4ccccc4)cccc3-c3ccccc3)nc(-n3c4ccccc4c4ccncc43)n2)c2ccccc12. The van der Waals surface area contributed by atoms with Crippen LogP contribution in [0.2, 0.25) is 0 Å². The zero-order valence-corrected chi connectivity index (χ0v) is 27.8. The van der Waals surface area contributed by atoms with Crippen LogP contribution in [0.3, 0.4) is 0 Å². The van der Waals surface area contributed by atoms with Crippen molar-refractivity contribution in [3.05, 3.63) is 163 Å². The van der Waals surface area contributed by atoms with Crippen LogP contribution in [0.25, 0.3) is 84.3 Å².